The summed E-state index contributed by atoms with van der Waals surface area (Å²) in [7, 11) is 0. The highest BCUT2D eigenvalue weighted by atomic mass is 16.5. The molecule has 3 rings (SSSR count). The highest BCUT2D eigenvalue weighted by molar-refractivity contribution is 5.95. The van der Waals surface area contributed by atoms with E-state index in [-0.39, 0.29) is 34.3 Å². The monoisotopic (exact) mass is 440 g/mol. The number of nitrogens with zero attached hydrogens (tertiary/aromatic N) is 2. The molecule has 0 spiro atoms. The van der Waals surface area contributed by atoms with E-state index < -0.39 is 0 Å². The minimum absolute atomic E-state index is 0.0544. The number of piperazine rings is 1. The van der Waals surface area contributed by atoms with Gasteiger partial charge in [0.1, 0.15) is 17.2 Å². The molecule has 2 aromatic carbocycles. The van der Waals surface area contributed by atoms with Crippen LogP contribution in [0.15, 0.2) is 42.5 Å². The number of hydrogen-bond donors (Lipinski definition) is 2. The average molecular weight is 441 g/mol. The third-order valence-corrected chi connectivity index (χ3v) is 5.59. The maximum absolute atomic E-state index is 12.6. The highest BCUT2D eigenvalue weighted by Crippen LogP contribution is 2.24. The standard InChI is InChI=1S/C25H32N2O5/c1-25(2,3)19-6-8-22(9-7-19)32-14-4-5-23(30)26-10-12-27(13-11-26)24(31)18-15-20(28)17-21(29)16-18/h6-9,15-17,28-29H,4-5,10-14H2,1-3H3. The van der Waals surface area contributed by atoms with Gasteiger partial charge >= 0.3 is 0 Å². The van der Waals surface area contributed by atoms with Gasteiger partial charge < -0.3 is 24.7 Å². The van der Waals surface area contributed by atoms with E-state index in [4.69, 9.17) is 4.74 Å². The van der Waals surface area contributed by atoms with Crippen molar-refractivity contribution in [3.8, 4) is 17.2 Å². The number of hydrogen-bond acceptors (Lipinski definition) is 5. The second-order valence-corrected chi connectivity index (χ2v) is 9.14. The van der Waals surface area contributed by atoms with Crippen molar-refractivity contribution in [2.24, 2.45) is 0 Å². The number of benzene rings is 2. The molecule has 1 aliphatic rings. The lowest BCUT2D eigenvalue weighted by Gasteiger charge is -2.35. The SMILES string of the molecule is CC(C)(C)c1ccc(OCCCC(=O)N2CCN(C(=O)c3cc(O)cc(O)c3)CC2)cc1. The van der Waals surface area contributed by atoms with Crippen LogP contribution in [0.4, 0.5) is 0 Å². The lowest BCUT2D eigenvalue weighted by atomic mass is 9.87. The first kappa shape index (κ1) is 23.4. The van der Waals surface area contributed by atoms with Crippen LogP contribution < -0.4 is 4.74 Å². The number of ether oxygens (including phenoxy) is 1. The number of phenols is 2. The Kier molecular flexibility index (Phi) is 7.28. The van der Waals surface area contributed by atoms with E-state index in [0.29, 0.717) is 45.6 Å². The maximum atomic E-state index is 12.6. The van der Waals surface area contributed by atoms with Crippen molar-refractivity contribution < 1.29 is 24.5 Å². The van der Waals surface area contributed by atoms with E-state index in [1.54, 1.807) is 9.80 Å². The molecule has 0 bridgehead atoms. The van der Waals surface area contributed by atoms with Crippen LogP contribution in [0.2, 0.25) is 0 Å². The van der Waals surface area contributed by atoms with Crippen LogP contribution >= 0.6 is 0 Å². The summed E-state index contributed by atoms with van der Waals surface area (Å²) < 4.78 is 5.76. The third kappa shape index (κ3) is 6.15. The van der Waals surface area contributed by atoms with Crippen molar-refractivity contribution in [2.45, 2.75) is 39.0 Å². The molecular weight excluding hydrogens is 408 g/mol. The van der Waals surface area contributed by atoms with Crippen LogP contribution in [0.5, 0.6) is 17.2 Å². The lowest BCUT2D eigenvalue weighted by molar-refractivity contribution is -0.132. The fraction of sp³-hybridized carbons (Fsp3) is 0.440. The summed E-state index contributed by atoms with van der Waals surface area (Å²) in [5, 5.41) is 19.2. The van der Waals surface area contributed by atoms with Crippen molar-refractivity contribution in [3.05, 3.63) is 53.6 Å². The van der Waals surface area contributed by atoms with Gasteiger partial charge in [0.25, 0.3) is 5.91 Å². The molecule has 7 heteroatoms. The summed E-state index contributed by atoms with van der Waals surface area (Å²) in [5.41, 5.74) is 1.58. The number of carbonyl (C=O) groups is 2. The summed E-state index contributed by atoms with van der Waals surface area (Å²) in [6.07, 6.45) is 1.02. The minimum Gasteiger partial charge on any atom is -0.508 e. The molecule has 1 fully saturated rings. The maximum Gasteiger partial charge on any atom is 0.254 e. The molecule has 0 radical (unpaired) electrons. The summed E-state index contributed by atoms with van der Waals surface area (Å²) in [6, 6.07) is 11.9. The molecule has 0 aliphatic carbocycles. The molecule has 0 aromatic heterocycles. The summed E-state index contributed by atoms with van der Waals surface area (Å²) in [5.74, 6) is 0.271. The molecular formula is C25H32N2O5. The molecule has 0 unspecified atom stereocenters. The largest absolute Gasteiger partial charge is 0.508 e. The van der Waals surface area contributed by atoms with Crippen molar-refractivity contribution in [1.82, 2.24) is 9.80 Å². The average Bonchev–Trinajstić information content (AvgIpc) is 2.75. The molecule has 172 valence electrons. The van der Waals surface area contributed by atoms with Crippen LogP contribution in [0.25, 0.3) is 0 Å². The van der Waals surface area contributed by atoms with Crippen LogP contribution in [-0.2, 0) is 10.2 Å². The zero-order chi connectivity index (χ0) is 23.3. The third-order valence-electron chi connectivity index (χ3n) is 5.59. The molecule has 1 saturated heterocycles. The summed E-state index contributed by atoms with van der Waals surface area (Å²) >= 11 is 0. The lowest BCUT2D eigenvalue weighted by Crippen LogP contribution is -2.50. The van der Waals surface area contributed by atoms with Gasteiger partial charge in [-0.2, -0.15) is 0 Å². The van der Waals surface area contributed by atoms with Crippen LogP contribution in [-0.4, -0.2) is 64.6 Å². The molecule has 0 saturated carbocycles. The van der Waals surface area contributed by atoms with E-state index in [2.05, 4.69) is 32.9 Å². The second kappa shape index (κ2) is 9.94. The summed E-state index contributed by atoms with van der Waals surface area (Å²) in [6.45, 7) is 8.73. The van der Waals surface area contributed by atoms with Gasteiger partial charge in [0, 0.05) is 44.2 Å². The number of aromatic hydroxyl groups is 2. The number of amides is 2. The van der Waals surface area contributed by atoms with Gasteiger partial charge in [0.05, 0.1) is 6.61 Å². The van der Waals surface area contributed by atoms with E-state index in [1.807, 2.05) is 12.1 Å². The normalized spacial score (nSPS) is 14.3. The molecule has 2 aromatic rings. The molecule has 0 atom stereocenters. The van der Waals surface area contributed by atoms with E-state index in [1.165, 1.54) is 23.8 Å². The van der Waals surface area contributed by atoms with Gasteiger partial charge in [0.2, 0.25) is 5.91 Å². The predicted molar refractivity (Wildman–Crippen MR) is 122 cm³/mol. The predicted octanol–water partition coefficient (Wildman–Crippen LogP) is 3.54. The van der Waals surface area contributed by atoms with Crippen molar-refractivity contribution in [2.75, 3.05) is 32.8 Å². The Labute approximate surface area is 189 Å². The Balaban J connectivity index is 1.39. The number of carbonyl (C=O) groups excluding carboxylic acids is 2. The van der Waals surface area contributed by atoms with E-state index in [0.717, 1.165) is 5.75 Å². The second-order valence-electron chi connectivity index (χ2n) is 9.14. The van der Waals surface area contributed by atoms with Crippen LogP contribution in [0.1, 0.15) is 49.5 Å². The topological polar surface area (TPSA) is 90.3 Å². The van der Waals surface area contributed by atoms with Crippen LogP contribution in [0, 0.1) is 0 Å². The fourth-order valence-electron chi connectivity index (χ4n) is 3.68. The molecule has 32 heavy (non-hydrogen) atoms. The first-order valence-corrected chi connectivity index (χ1v) is 11.0. The molecule has 1 aliphatic heterocycles. The van der Waals surface area contributed by atoms with Gasteiger partial charge in [0.15, 0.2) is 0 Å². The number of rotatable bonds is 6. The van der Waals surface area contributed by atoms with Gasteiger partial charge in [-0.05, 0) is 41.7 Å². The van der Waals surface area contributed by atoms with Crippen LogP contribution in [0.3, 0.4) is 0 Å². The van der Waals surface area contributed by atoms with Crippen molar-refractivity contribution >= 4 is 11.8 Å². The van der Waals surface area contributed by atoms with Gasteiger partial charge in [-0.15, -0.1) is 0 Å². The Morgan fingerprint density at radius 1 is 0.906 bits per heavy atom. The molecule has 1 heterocycles. The quantitative estimate of drug-likeness (QED) is 0.671. The minimum atomic E-state index is -0.269. The highest BCUT2D eigenvalue weighted by Gasteiger charge is 2.25. The first-order chi connectivity index (χ1) is 15.1. The fourth-order valence-corrected chi connectivity index (χ4v) is 3.68. The Hall–Kier alpha value is -3.22. The van der Waals surface area contributed by atoms with Gasteiger partial charge in [-0.1, -0.05) is 32.9 Å². The number of phenolic OH excluding ortho intramolecular Hbond substituents is 2. The van der Waals surface area contributed by atoms with Crippen molar-refractivity contribution in [3.63, 3.8) is 0 Å². The Morgan fingerprint density at radius 2 is 1.47 bits per heavy atom. The van der Waals surface area contributed by atoms with Crippen molar-refractivity contribution in [1.29, 1.82) is 0 Å². The molecule has 7 nitrogen and oxygen atoms in total. The Bertz CT molecular complexity index is 922. The molecule has 2 amide bonds. The Morgan fingerprint density at radius 3 is 2.03 bits per heavy atom. The van der Waals surface area contributed by atoms with E-state index >= 15 is 0 Å². The smallest absolute Gasteiger partial charge is 0.254 e. The first-order valence-electron chi connectivity index (χ1n) is 11.0. The zero-order valence-electron chi connectivity index (χ0n) is 19.0. The zero-order valence-corrected chi connectivity index (χ0v) is 19.0. The van der Waals surface area contributed by atoms with E-state index in [9.17, 15) is 19.8 Å². The summed E-state index contributed by atoms with van der Waals surface area (Å²) in [4.78, 5) is 28.5. The molecule has 2 N–H and O–H groups in total. The van der Waals surface area contributed by atoms with Gasteiger partial charge in [-0.25, -0.2) is 0 Å². The van der Waals surface area contributed by atoms with Gasteiger partial charge in [-0.3, -0.25) is 9.59 Å².